The molecule has 0 spiro atoms. The summed E-state index contributed by atoms with van der Waals surface area (Å²) >= 11 is 6.06. The van der Waals surface area contributed by atoms with Gasteiger partial charge in [-0.2, -0.15) is 0 Å². The van der Waals surface area contributed by atoms with E-state index in [1.54, 1.807) is 54.6 Å². The fourth-order valence-electron chi connectivity index (χ4n) is 3.46. The molecule has 33 heavy (non-hydrogen) atoms. The second-order valence-corrected chi connectivity index (χ2v) is 9.77. The summed E-state index contributed by atoms with van der Waals surface area (Å²) in [4.78, 5) is 13.0. The highest BCUT2D eigenvalue weighted by molar-refractivity contribution is 7.92. The van der Waals surface area contributed by atoms with Crippen LogP contribution < -0.4 is 19.1 Å². The lowest BCUT2D eigenvalue weighted by Crippen LogP contribution is -2.51. The summed E-state index contributed by atoms with van der Waals surface area (Å²) in [5, 5.41) is 3.22. The van der Waals surface area contributed by atoms with Crippen LogP contribution in [0.3, 0.4) is 0 Å². The summed E-state index contributed by atoms with van der Waals surface area (Å²) in [5.74, 6) is 0.419. The van der Waals surface area contributed by atoms with Crippen molar-refractivity contribution in [1.82, 2.24) is 5.32 Å². The van der Waals surface area contributed by atoms with Crippen molar-refractivity contribution in [3.63, 3.8) is 0 Å². The second-order valence-electron chi connectivity index (χ2n) is 7.50. The van der Waals surface area contributed by atoms with Crippen LogP contribution in [0.5, 0.6) is 11.5 Å². The maximum absolute atomic E-state index is 13.4. The Morgan fingerprint density at radius 2 is 1.85 bits per heavy atom. The summed E-state index contributed by atoms with van der Waals surface area (Å²) in [6.45, 7) is 2.12. The average molecular weight is 487 g/mol. The minimum absolute atomic E-state index is 0.145. The number of anilines is 1. The summed E-state index contributed by atoms with van der Waals surface area (Å²) in [6.07, 6.45) is -1.01. The lowest BCUT2D eigenvalue weighted by atomic mass is 10.1. The molecule has 0 radical (unpaired) electrons. The monoisotopic (exact) mass is 486 g/mol. The van der Waals surface area contributed by atoms with Gasteiger partial charge < -0.3 is 14.8 Å². The lowest BCUT2D eigenvalue weighted by molar-refractivity contribution is -0.127. The Balaban J connectivity index is 1.49. The zero-order valence-corrected chi connectivity index (χ0v) is 19.5. The van der Waals surface area contributed by atoms with Gasteiger partial charge in [0.15, 0.2) is 6.10 Å². The van der Waals surface area contributed by atoms with Gasteiger partial charge in [-0.05, 0) is 48.9 Å². The molecule has 0 bridgehead atoms. The molecule has 0 saturated carbocycles. The SMILES string of the molecule is Cc1ccc2c(c1)N(S(=O)(=O)c1ccccc1)C[C@H](C(=O)NCCOc1ccccc1Cl)O2. The fraction of sp³-hybridized carbons (Fsp3) is 0.208. The smallest absolute Gasteiger partial charge is 0.264 e. The highest BCUT2D eigenvalue weighted by Gasteiger charge is 2.37. The van der Waals surface area contributed by atoms with E-state index < -0.39 is 22.0 Å². The minimum atomic E-state index is -3.89. The number of halogens is 1. The maximum Gasteiger partial charge on any atom is 0.264 e. The summed E-state index contributed by atoms with van der Waals surface area (Å²) in [5.41, 5.74) is 1.29. The van der Waals surface area contributed by atoms with Gasteiger partial charge in [0.05, 0.1) is 28.7 Å². The van der Waals surface area contributed by atoms with Gasteiger partial charge in [-0.3, -0.25) is 9.10 Å². The zero-order valence-electron chi connectivity index (χ0n) is 17.9. The number of sulfonamides is 1. The van der Waals surface area contributed by atoms with Gasteiger partial charge in [0.2, 0.25) is 0 Å². The third-order valence-corrected chi connectivity index (χ3v) is 7.21. The first-order valence-electron chi connectivity index (χ1n) is 10.4. The van der Waals surface area contributed by atoms with E-state index in [9.17, 15) is 13.2 Å². The van der Waals surface area contributed by atoms with Crippen LogP contribution in [0.1, 0.15) is 5.56 Å². The molecular formula is C24H23ClN2O5S. The highest BCUT2D eigenvalue weighted by atomic mass is 35.5. The van der Waals surface area contributed by atoms with E-state index in [4.69, 9.17) is 21.1 Å². The topological polar surface area (TPSA) is 84.9 Å². The molecule has 1 N–H and O–H groups in total. The highest BCUT2D eigenvalue weighted by Crippen LogP contribution is 2.37. The number of ether oxygens (including phenoxy) is 2. The largest absolute Gasteiger partial charge is 0.490 e. The number of para-hydroxylation sites is 1. The average Bonchev–Trinajstić information content (AvgIpc) is 2.82. The molecule has 1 amide bonds. The van der Waals surface area contributed by atoms with Gasteiger partial charge in [0, 0.05) is 0 Å². The van der Waals surface area contributed by atoms with Crippen LogP contribution in [0, 0.1) is 6.92 Å². The van der Waals surface area contributed by atoms with Gasteiger partial charge in [-0.1, -0.05) is 48.0 Å². The number of hydrogen-bond acceptors (Lipinski definition) is 5. The maximum atomic E-state index is 13.4. The van der Waals surface area contributed by atoms with Crippen LogP contribution in [0.15, 0.2) is 77.7 Å². The van der Waals surface area contributed by atoms with Crippen LogP contribution in [0.4, 0.5) is 5.69 Å². The predicted octanol–water partition coefficient (Wildman–Crippen LogP) is 3.80. The molecule has 1 atom stereocenters. The summed E-state index contributed by atoms with van der Waals surface area (Å²) in [7, 11) is -3.89. The lowest BCUT2D eigenvalue weighted by Gasteiger charge is -2.35. The molecule has 7 nitrogen and oxygen atoms in total. The normalized spacial score (nSPS) is 15.3. The molecule has 0 fully saturated rings. The first-order chi connectivity index (χ1) is 15.9. The molecular weight excluding hydrogens is 464 g/mol. The summed E-state index contributed by atoms with van der Waals surface area (Å²) in [6, 6.07) is 20.4. The van der Waals surface area contributed by atoms with Crippen molar-refractivity contribution in [3.8, 4) is 11.5 Å². The number of nitrogens with one attached hydrogen (secondary N) is 1. The zero-order chi connectivity index (χ0) is 23.4. The van der Waals surface area contributed by atoms with Crippen molar-refractivity contribution in [2.24, 2.45) is 0 Å². The quantitative estimate of drug-likeness (QED) is 0.513. The molecule has 3 aromatic carbocycles. The van der Waals surface area contributed by atoms with Crippen LogP contribution in [-0.4, -0.2) is 40.1 Å². The van der Waals surface area contributed by atoms with Crippen LogP contribution in [-0.2, 0) is 14.8 Å². The van der Waals surface area contributed by atoms with Crippen molar-refractivity contribution in [2.75, 3.05) is 24.0 Å². The van der Waals surface area contributed by atoms with E-state index in [2.05, 4.69) is 5.32 Å². The molecule has 1 heterocycles. The van der Waals surface area contributed by atoms with Crippen LogP contribution in [0.25, 0.3) is 0 Å². The molecule has 4 rings (SSSR count). The second kappa shape index (κ2) is 9.72. The van der Waals surface area contributed by atoms with Crippen molar-refractivity contribution >= 4 is 33.2 Å². The molecule has 3 aromatic rings. The molecule has 0 saturated heterocycles. The van der Waals surface area contributed by atoms with Crippen molar-refractivity contribution in [1.29, 1.82) is 0 Å². The Hall–Kier alpha value is -3.23. The Morgan fingerprint density at radius 3 is 2.61 bits per heavy atom. The van der Waals surface area contributed by atoms with Gasteiger partial charge in [0.25, 0.3) is 15.9 Å². The molecule has 172 valence electrons. The van der Waals surface area contributed by atoms with Crippen LogP contribution in [0.2, 0.25) is 5.02 Å². The standard InChI is InChI=1S/C24H23ClN2O5S/c1-17-11-12-22-20(15-17)27(33(29,30)18-7-3-2-4-8-18)16-23(32-22)24(28)26-13-14-31-21-10-6-5-9-19(21)25/h2-12,15,23H,13-14,16H2,1H3,(H,26,28)/t23-/m1/s1. The molecule has 1 aliphatic rings. The predicted molar refractivity (Wildman–Crippen MR) is 127 cm³/mol. The van der Waals surface area contributed by atoms with Gasteiger partial charge >= 0.3 is 0 Å². The molecule has 0 aliphatic carbocycles. The van der Waals surface area contributed by atoms with Crippen LogP contribution >= 0.6 is 11.6 Å². The first kappa shape index (κ1) is 22.9. The molecule has 0 unspecified atom stereocenters. The number of nitrogens with zero attached hydrogens (tertiary/aromatic N) is 1. The number of carbonyl (C=O) groups is 1. The van der Waals surface area contributed by atoms with E-state index in [0.717, 1.165) is 5.56 Å². The molecule has 1 aliphatic heterocycles. The van der Waals surface area contributed by atoms with Crippen molar-refractivity contribution < 1.29 is 22.7 Å². The number of amides is 1. The number of fused-ring (bicyclic) bond motifs is 1. The van der Waals surface area contributed by atoms with Crippen molar-refractivity contribution in [3.05, 3.63) is 83.4 Å². The third-order valence-electron chi connectivity index (χ3n) is 5.10. The van der Waals surface area contributed by atoms with E-state index in [-0.39, 0.29) is 24.6 Å². The number of rotatable bonds is 7. The number of hydrogen-bond donors (Lipinski definition) is 1. The van der Waals surface area contributed by atoms with Gasteiger partial charge in [-0.25, -0.2) is 8.42 Å². The van der Waals surface area contributed by atoms with E-state index in [0.29, 0.717) is 22.2 Å². The third kappa shape index (κ3) is 5.07. The number of carbonyl (C=O) groups excluding carboxylic acids is 1. The molecule has 0 aromatic heterocycles. The van der Waals surface area contributed by atoms with Gasteiger partial charge in [0.1, 0.15) is 18.1 Å². The Morgan fingerprint density at radius 1 is 1.12 bits per heavy atom. The molecule has 9 heteroatoms. The Labute approximate surface area is 197 Å². The van der Waals surface area contributed by atoms with E-state index in [1.807, 2.05) is 13.0 Å². The van der Waals surface area contributed by atoms with Crippen molar-refractivity contribution in [2.45, 2.75) is 17.9 Å². The van der Waals surface area contributed by atoms with E-state index in [1.165, 1.54) is 16.4 Å². The Bertz CT molecular complexity index is 1250. The summed E-state index contributed by atoms with van der Waals surface area (Å²) < 4.78 is 39.5. The number of benzene rings is 3. The fourth-order valence-corrected chi connectivity index (χ4v) is 5.14. The number of aryl methyl sites for hydroxylation is 1. The minimum Gasteiger partial charge on any atom is -0.490 e. The Kier molecular flexibility index (Phi) is 6.76. The van der Waals surface area contributed by atoms with Gasteiger partial charge in [-0.15, -0.1) is 0 Å². The van der Waals surface area contributed by atoms with E-state index >= 15 is 0 Å². The first-order valence-corrected chi connectivity index (χ1v) is 12.2.